The third kappa shape index (κ3) is 4.54. The van der Waals surface area contributed by atoms with Gasteiger partial charge in [0.15, 0.2) is 0 Å². The van der Waals surface area contributed by atoms with Gasteiger partial charge in [-0.2, -0.15) is 0 Å². The van der Waals surface area contributed by atoms with E-state index in [1.165, 1.54) is 38.8 Å². The average molecular weight is 384 g/mol. The number of rotatable bonds is 6. The Morgan fingerprint density at radius 3 is 1.22 bits per heavy atom. The summed E-state index contributed by atoms with van der Waals surface area (Å²) >= 11 is 0. The van der Waals surface area contributed by atoms with Crippen LogP contribution in [0.2, 0.25) is 0 Å². The van der Waals surface area contributed by atoms with Crippen molar-refractivity contribution >= 4 is 27.8 Å². The summed E-state index contributed by atoms with van der Waals surface area (Å²) in [5, 5.41) is 2.93. The largest absolute Gasteiger partial charge is 0.0853 e. The molecule has 0 saturated heterocycles. The minimum Gasteiger partial charge on any atom is -0.0853 e. The second kappa shape index (κ2) is 9.09. The van der Waals surface area contributed by atoms with E-state index in [9.17, 15) is 0 Å². The van der Waals surface area contributed by atoms with Crippen LogP contribution in [-0.4, -0.2) is 5.90 Å². The fourth-order valence-electron chi connectivity index (χ4n) is 3.25. The van der Waals surface area contributed by atoms with Crippen LogP contribution in [0.4, 0.5) is 0 Å². The molecule has 4 aromatic rings. The van der Waals surface area contributed by atoms with Gasteiger partial charge in [-0.3, -0.25) is 0 Å². The van der Waals surface area contributed by atoms with E-state index in [0.717, 1.165) is 17.2 Å². The van der Waals surface area contributed by atoms with Crippen LogP contribution in [0.1, 0.15) is 0 Å². The van der Waals surface area contributed by atoms with Crippen molar-refractivity contribution in [2.24, 2.45) is 0 Å². The Bertz CT molecular complexity index is 912. The van der Waals surface area contributed by atoms with Crippen molar-refractivity contribution in [2.75, 3.05) is 5.90 Å². The van der Waals surface area contributed by atoms with Gasteiger partial charge in [-0.15, -0.1) is 0 Å². The highest BCUT2D eigenvalue weighted by Gasteiger charge is 2.07. The first-order chi connectivity index (χ1) is 13.4. The quantitative estimate of drug-likeness (QED) is 0.343. The van der Waals surface area contributed by atoms with Gasteiger partial charge in [0.2, 0.25) is 0 Å². The molecule has 0 heterocycles. The van der Waals surface area contributed by atoms with Crippen molar-refractivity contribution in [3.8, 4) is 22.3 Å². The van der Waals surface area contributed by atoms with Crippen molar-refractivity contribution in [3.63, 3.8) is 0 Å². The smallest absolute Gasteiger partial charge is 0.00943 e. The second-order valence-electron chi connectivity index (χ2n) is 6.35. The van der Waals surface area contributed by atoms with Crippen LogP contribution in [-0.2, 0) is 0 Å². The molecule has 2 heteroatoms. The van der Waals surface area contributed by atoms with E-state index in [1.54, 1.807) is 0 Å². The predicted molar refractivity (Wildman–Crippen MR) is 125 cm³/mol. The summed E-state index contributed by atoms with van der Waals surface area (Å²) in [4.78, 5) is 0. The van der Waals surface area contributed by atoms with Crippen LogP contribution in [0.3, 0.4) is 0 Å². The first-order valence-electron chi connectivity index (χ1n) is 9.18. The van der Waals surface area contributed by atoms with Gasteiger partial charge < -0.3 is 0 Å². The van der Waals surface area contributed by atoms with Gasteiger partial charge in [-0.25, -0.2) is 0 Å². The Kier molecular flexibility index (Phi) is 6.10. The summed E-state index contributed by atoms with van der Waals surface area (Å²) in [7, 11) is 1.64. The average Bonchev–Trinajstić information content (AvgIpc) is 2.76. The monoisotopic (exact) mass is 384 g/mol. The lowest BCUT2D eigenvalue weighted by Gasteiger charge is -2.12. The normalized spacial score (nSPS) is 11.6. The van der Waals surface area contributed by atoms with Crippen LogP contribution in [0, 0.1) is 0 Å². The lowest BCUT2D eigenvalue weighted by molar-refractivity contribution is 1.65. The van der Waals surface area contributed by atoms with Crippen molar-refractivity contribution in [1.29, 1.82) is 0 Å². The predicted octanol–water partition coefficient (Wildman–Crippen LogP) is 6.29. The van der Waals surface area contributed by atoms with Gasteiger partial charge in [0.1, 0.15) is 0 Å². The molecule has 2 atom stereocenters. The molecule has 0 nitrogen and oxygen atoms in total. The molecule has 0 aromatic heterocycles. The molecule has 0 spiro atoms. The Labute approximate surface area is 165 Å². The van der Waals surface area contributed by atoms with Crippen LogP contribution >= 0.6 is 17.2 Å². The van der Waals surface area contributed by atoms with Gasteiger partial charge in [0.25, 0.3) is 0 Å². The maximum absolute atomic E-state index is 2.29. The molecule has 0 saturated carbocycles. The van der Waals surface area contributed by atoms with Gasteiger partial charge in [-0.1, -0.05) is 126 Å². The van der Waals surface area contributed by atoms with Crippen molar-refractivity contribution in [1.82, 2.24) is 0 Å². The Hall–Kier alpha value is -2.26. The van der Waals surface area contributed by atoms with E-state index < -0.39 is 0 Å². The summed E-state index contributed by atoms with van der Waals surface area (Å²) in [6.07, 6.45) is 0. The molecule has 0 radical (unpaired) electrons. The number of hydrogen-bond acceptors (Lipinski definition) is 0. The maximum atomic E-state index is 2.29. The van der Waals surface area contributed by atoms with E-state index in [0.29, 0.717) is 0 Å². The molecule has 0 aliphatic carbocycles. The molecule has 0 fully saturated rings. The lowest BCUT2D eigenvalue weighted by atomic mass is 10.1. The molecule has 0 aliphatic rings. The van der Waals surface area contributed by atoms with E-state index in [-0.39, 0.29) is 0 Å². The van der Waals surface area contributed by atoms with Gasteiger partial charge in [0, 0.05) is 0 Å². The molecule has 0 bridgehead atoms. The summed E-state index contributed by atoms with van der Waals surface area (Å²) in [5.74, 6) is 1.20. The van der Waals surface area contributed by atoms with Crippen LogP contribution in [0.25, 0.3) is 22.3 Å². The lowest BCUT2D eigenvalue weighted by Crippen LogP contribution is -2.02. The van der Waals surface area contributed by atoms with Crippen molar-refractivity contribution in [2.45, 2.75) is 0 Å². The molecule has 0 N–H and O–H groups in total. The summed E-state index contributed by atoms with van der Waals surface area (Å²) in [5.41, 5.74) is 5.37. The Morgan fingerprint density at radius 2 is 0.778 bits per heavy atom. The molecule has 27 heavy (non-hydrogen) atoms. The standard InChI is InChI=1S/C25H22P2/c1-3-11-20(12-4-1)22-15-7-9-17-24(22)26-19-27-25-18-10-8-16-23(25)21-13-5-2-6-14-21/h1-18,26-27H,19H2. The third-order valence-corrected chi connectivity index (χ3v) is 7.63. The maximum Gasteiger partial charge on any atom is -0.00943 e. The SMILES string of the molecule is c1ccc(-c2ccccc2PCPc2ccccc2-c2ccccc2)cc1. The zero-order chi connectivity index (χ0) is 18.3. The summed E-state index contributed by atoms with van der Waals surface area (Å²) in [6, 6.07) is 39.1. The Morgan fingerprint density at radius 1 is 0.407 bits per heavy atom. The van der Waals surface area contributed by atoms with Crippen LogP contribution in [0.5, 0.6) is 0 Å². The van der Waals surface area contributed by atoms with E-state index in [2.05, 4.69) is 109 Å². The number of benzene rings is 4. The van der Waals surface area contributed by atoms with E-state index in [1.807, 2.05) is 0 Å². The topological polar surface area (TPSA) is 0 Å². The fourth-order valence-corrected chi connectivity index (χ4v) is 6.39. The van der Waals surface area contributed by atoms with Crippen molar-refractivity contribution in [3.05, 3.63) is 109 Å². The zero-order valence-corrected chi connectivity index (χ0v) is 17.1. The van der Waals surface area contributed by atoms with Crippen LogP contribution in [0.15, 0.2) is 109 Å². The Balaban J connectivity index is 1.51. The fraction of sp³-hybridized carbons (Fsp3) is 0.0400. The third-order valence-electron chi connectivity index (χ3n) is 4.58. The van der Waals surface area contributed by atoms with E-state index in [4.69, 9.17) is 0 Å². The first kappa shape index (κ1) is 18.1. The highest BCUT2D eigenvalue weighted by molar-refractivity contribution is 7.64. The van der Waals surface area contributed by atoms with Gasteiger partial charge in [-0.05, 0) is 38.8 Å². The second-order valence-corrected chi connectivity index (χ2v) is 9.55. The molecule has 2 unspecified atom stereocenters. The molecule has 132 valence electrons. The molecule has 4 aromatic carbocycles. The minimum absolute atomic E-state index is 0.821. The molecule has 0 aliphatic heterocycles. The molecular formula is C25H22P2. The van der Waals surface area contributed by atoms with Gasteiger partial charge >= 0.3 is 0 Å². The summed E-state index contributed by atoms with van der Waals surface area (Å²) < 4.78 is 0. The first-order valence-corrected chi connectivity index (χ1v) is 11.6. The highest BCUT2D eigenvalue weighted by Crippen LogP contribution is 2.31. The number of hydrogen-bond donors (Lipinski definition) is 0. The minimum atomic E-state index is 0.821. The molecular weight excluding hydrogens is 362 g/mol. The molecule has 4 rings (SSSR count). The van der Waals surface area contributed by atoms with Crippen molar-refractivity contribution < 1.29 is 0 Å². The van der Waals surface area contributed by atoms with Gasteiger partial charge in [0.05, 0.1) is 0 Å². The summed E-state index contributed by atoms with van der Waals surface area (Å²) in [6.45, 7) is 0. The van der Waals surface area contributed by atoms with E-state index >= 15 is 0 Å². The van der Waals surface area contributed by atoms with Crippen LogP contribution < -0.4 is 10.6 Å². The molecule has 0 amide bonds. The highest BCUT2D eigenvalue weighted by atomic mass is 31.1. The zero-order valence-electron chi connectivity index (χ0n) is 15.1.